The standard InChI is InChI=1S/C23H21FN2O7S/c1-16(23(27)28)25(34(31,32)22-8-3-2-7-21(22)26(29)30)14-17-9-11-20(12-10-17)33-15-18-5-4-6-19(24)13-18/h2-13,16H,14-15H2,1H3,(H,27,28). The molecule has 178 valence electrons. The molecule has 0 radical (unpaired) electrons. The van der Waals surface area contributed by atoms with Crippen molar-refractivity contribution in [1.29, 1.82) is 0 Å². The van der Waals surface area contributed by atoms with Crippen LogP contribution in [-0.4, -0.2) is 34.8 Å². The molecular formula is C23H21FN2O7S. The zero-order valence-corrected chi connectivity index (χ0v) is 18.8. The fourth-order valence-electron chi connectivity index (χ4n) is 3.17. The first-order valence-corrected chi connectivity index (χ1v) is 11.5. The maximum Gasteiger partial charge on any atom is 0.321 e. The molecule has 0 saturated heterocycles. The van der Waals surface area contributed by atoms with E-state index in [4.69, 9.17) is 4.74 Å². The van der Waals surface area contributed by atoms with Crippen molar-refractivity contribution < 1.29 is 32.4 Å². The molecule has 34 heavy (non-hydrogen) atoms. The monoisotopic (exact) mass is 488 g/mol. The van der Waals surface area contributed by atoms with Crippen molar-refractivity contribution in [2.75, 3.05) is 0 Å². The number of nitro benzene ring substituents is 1. The van der Waals surface area contributed by atoms with Gasteiger partial charge >= 0.3 is 5.97 Å². The molecule has 0 fully saturated rings. The van der Waals surface area contributed by atoms with Gasteiger partial charge in [0.15, 0.2) is 4.90 Å². The smallest absolute Gasteiger partial charge is 0.321 e. The minimum absolute atomic E-state index is 0.116. The molecule has 0 saturated carbocycles. The number of carboxylic acid groups (broad SMARTS) is 1. The normalized spacial score (nSPS) is 12.3. The highest BCUT2D eigenvalue weighted by Gasteiger charge is 2.37. The lowest BCUT2D eigenvalue weighted by molar-refractivity contribution is -0.387. The second-order valence-corrected chi connectivity index (χ2v) is 9.21. The predicted octanol–water partition coefficient (Wildman–Crippen LogP) is 3.98. The zero-order valence-electron chi connectivity index (χ0n) is 18.0. The van der Waals surface area contributed by atoms with Gasteiger partial charge in [-0.1, -0.05) is 36.4 Å². The van der Waals surface area contributed by atoms with Crippen molar-refractivity contribution in [2.24, 2.45) is 0 Å². The molecule has 0 aliphatic carbocycles. The number of nitro groups is 1. The number of halogens is 1. The first kappa shape index (κ1) is 24.8. The molecule has 3 aromatic rings. The lowest BCUT2D eigenvalue weighted by Crippen LogP contribution is -2.42. The van der Waals surface area contributed by atoms with Gasteiger partial charge in [0.05, 0.1) is 4.92 Å². The van der Waals surface area contributed by atoms with Crippen molar-refractivity contribution in [3.05, 3.63) is 99.9 Å². The van der Waals surface area contributed by atoms with Gasteiger partial charge in [0, 0.05) is 12.6 Å². The Hall–Kier alpha value is -3.83. The van der Waals surface area contributed by atoms with Crippen LogP contribution in [0.15, 0.2) is 77.7 Å². The van der Waals surface area contributed by atoms with Gasteiger partial charge in [0.25, 0.3) is 15.7 Å². The minimum Gasteiger partial charge on any atom is -0.489 e. The van der Waals surface area contributed by atoms with E-state index in [2.05, 4.69) is 0 Å². The number of sulfonamides is 1. The number of rotatable bonds is 10. The van der Waals surface area contributed by atoms with Gasteiger partial charge in [-0.25, -0.2) is 12.8 Å². The van der Waals surface area contributed by atoms with Crippen molar-refractivity contribution in [2.45, 2.75) is 31.0 Å². The molecule has 0 aromatic heterocycles. The largest absolute Gasteiger partial charge is 0.489 e. The van der Waals surface area contributed by atoms with E-state index in [1.54, 1.807) is 36.4 Å². The molecule has 1 atom stereocenters. The van der Waals surface area contributed by atoms with E-state index < -0.39 is 37.5 Å². The SMILES string of the molecule is CC(C(=O)O)N(Cc1ccc(OCc2cccc(F)c2)cc1)S(=O)(=O)c1ccccc1[N+](=O)[O-]. The van der Waals surface area contributed by atoms with E-state index in [0.717, 1.165) is 12.1 Å². The Morgan fingerprint density at radius 3 is 2.38 bits per heavy atom. The molecule has 11 heteroatoms. The van der Waals surface area contributed by atoms with Gasteiger partial charge in [0.1, 0.15) is 24.2 Å². The van der Waals surface area contributed by atoms with Crippen LogP contribution in [0.25, 0.3) is 0 Å². The van der Waals surface area contributed by atoms with Gasteiger partial charge < -0.3 is 9.84 Å². The highest BCUT2D eigenvalue weighted by atomic mass is 32.2. The van der Waals surface area contributed by atoms with E-state index in [0.29, 0.717) is 21.2 Å². The molecule has 0 aliphatic rings. The highest BCUT2D eigenvalue weighted by Crippen LogP contribution is 2.29. The third-order valence-corrected chi connectivity index (χ3v) is 6.96. The summed E-state index contributed by atoms with van der Waals surface area (Å²) < 4.78 is 46.1. The molecule has 9 nitrogen and oxygen atoms in total. The Labute approximate surface area is 195 Å². The van der Waals surface area contributed by atoms with Gasteiger partial charge in [-0.15, -0.1) is 0 Å². The summed E-state index contributed by atoms with van der Waals surface area (Å²) in [5.41, 5.74) is 0.417. The van der Waals surface area contributed by atoms with Gasteiger partial charge in [-0.3, -0.25) is 14.9 Å². The molecule has 0 heterocycles. The van der Waals surface area contributed by atoms with Crippen LogP contribution in [0.2, 0.25) is 0 Å². The Kier molecular flexibility index (Phi) is 7.59. The van der Waals surface area contributed by atoms with Crippen LogP contribution in [0.4, 0.5) is 10.1 Å². The average molecular weight is 488 g/mol. The molecule has 0 aliphatic heterocycles. The van der Waals surface area contributed by atoms with E-state index in [-0.39, 0.29) is 19.0 Å². The third-order valence-electron chi connectivity index (χ3n) is 4.99. The number of para-hydroxylation sites is 1. The second kappa shape index (κ2) is 10.4. The molecule has 1 N–H and O–H groups in total. The average Bonchev–Trinajstić information content (AvgIpc) is 2.81. The highest BCUT2D eigenvalue weighted by molar-refractivity contribution is 7.89. The minimum atomic E-state index is -4.54. The molecule has 0 amide bonds. The van der Waals surface area contributed by atoms with E-state index in [9.17, 15) is 32.8 Å². The summed E-state index contributed by atoms with van der Waals surface area (Å²) >= 11 is 0. The van der Waals surface area contributed by atoms with Gasteiger partial charge in [0.2, 0.25) is 0 Å². The van der Waals surface area contributed by atoms with Crippen molar-refractivity contribution in [3.8, 4) is 5.75 Å². The predicted molar refractivity (Wildman–Crippen MR) is 120 cm³/mol. The molecule has 3 rings (SSSR count). The number of aliphatic carboxylic acids is 1. The van der Waals surface area contributed by atoms with Crippen LogP contribution in [0, 0.1) is 15.9 Å². The molecule has 1 unspecified atom stereocenters. The van der Waals surface area contributed by atoms with Gasteiger partial charge in [-0.2, -0.15) is 4.31 Å². The third kappa shape index (κ3) is 5.74. The zero-order chi connectivity index (χ0) is 24.9. The molecular weight excluding hydrogens is 467 g/mol. The summed E-state index contributed by atoms with van der Waals surface area (Å²) in [6.07, 6.45) is 0. The van der Waals surface area contributed by atoms with Crippen molar-refractivity contribution in [1.82, 2.24) is 4.31 Å². The fraction of sp³-hybridized carbons (Fsp3) is 0.174. The van der Waals surface area contributed by atoms with E-state index in [1.807, 2.05) is 0 Å². The Morgan fingerprint density at radius 1 is 1.09 bits per heavy atom. The number of nitrogens with zero attached hydrogens (tertiary/aromatic N) is 2. The maximum atomic E-state index is 13.3. The first-order chi connectivity index (χ1) is 16.1. The molecule has 0 bridgehead atoms. The van der Waals surface area contributed by atoms with Crippen molar-refractivity contribution >= 4 is 21.7 Å². The Balaban J connectivity index is 1.84. The van der Waals surface area contributed by atoms with Gasteiger partial charge in [-0.05, 0) is 48.4 Å². The van der Waals surface area contributed by atoms with Crippen molar-refractivity contribution in [3.63, 3.8) is 0 Å². The Morgan fingerprint density at radius 2 is 1.76 bits per heavy atom. The van der Waals surface area contributed by atoms with Crippen LogP contribution in [0.1, 0.15) is 18.1 Å². The fourth-order valence-corrected chi connectivity index (χ4v) is 4.91. The van der Waals surface area contributed by atoms with Crippen LogP contribution in [0.5, 0.6) is 5.75 Å². The van der Waals surface area contributed by atoms with Crippen LogP contribution in [0.3, 0.4) is 0 Å². The molecule has 3 aromatic carbocycles. The lowest BCUT2D eigenvalue weighted by atomic mass is 10.2. The maximum absolute atomic E-state index is 13.3. The lowest BCUT2D eigenvalue weighted by Gasteiger charge is -2.25. The summed E-state index contributed by atoms with van der Waals surface area (Å²) in [7, 11) is -4.54. The summed E-state index contributed by atoms with van der Waals surface area (Å²) in [6.45, 7) is 0.961. The topological polar surface area (TPSA) is 127 Å². The van der Waals surface area contributed by atoms with E-state index in [1.165, 1.54) is 31.2 Å². The quantitative estimate of drug-likeness (QED) is 0.338. The first-order valence-electron chi connectivity index (χ1n) is 10.0. The van der Waals surface area contributed by atoms with Crippen LogP contribution >= 0.6 is 0 Å². The van der Waals surface area contributed by atoms with Crippen LogP contribution in [-0.2, 0) is 28.0 Å². The summed E-state index contributed by atoms with van der Waals surface area (Å²) in [6, 6.07) is 15.4. The summed E-state index contributed by atoms with van der Waals surface area (Å²) in [5.74, 6) is -1.35. The van der Waals surface area contributed by atoms with Crippen LogP contribution < -0.4 is 4.74 Å². The Bertz CT molecular complexity index is 1300. The van der Waals surface area contributed by atoms with E-state index >= 15 is 0 Å². The summed E-state index contributed by atoms with van der Waals surface area (Å²) in [5, 5.41) is 20.8. The summed E-state index contributed by atoms with van der Waals surface area (Å²) in [4.78, 5) is 21.6. The number of carboxylic acids is 1. The number of hydrogen-bond acceptors (Lipinski definition) is 6. The number of benzene rings is 3. The number of ether oxygens (including phenoxy) is 1. The number of carbonyl (C=O) groups is 1. The number of hydrogen-bond donors (Lipinski definition) is 1. The molecule has 0 spiro atoms. The second-order valence-electron chi connectivity index (χ2n) is 7.35.